The molecule has 0 spiro atoms. The fraction of sp³-hybridized carbons (Fsp3) is 0.0714. The maximum absolute atomic E-state index is 5.78. The van der Waals surface area contributed by atoms with Crippen molar-refractivity contribution >= 4 is 22.5 Å². The van der Waals surface area contributed by atoms with Gasteiger partial charge in [-0.1, -0.05) is 6.07 Å². The zero-order chi connectivity index (χ0) is 12.4. The van der Waals surface area contributed by atoms with Crippen molar-refractivity contribution in [2.45, 2.75) is 5.88 Å². The first-order valence-corrected chi connectivity index (χ1v) is 6.13. The van der Waals surface area contributed by atoms with E-state index in [4.69, 9.17) is 11.6 Å². The predicted octanol–water partition coefficient (Wildman–Crippen LogP) is 3.43. The second-order valence-electron chi connectivity index (χ2n) is 3.92. The van der Waals surface area contributed by atoms with Crippen molar-refractivity contribution in [1.82, 2.24) is 15.0 Å². The molecule has 88 valence electrons. The fourth-order valence-corrected chi connectivity index (χ4v) is 1.97. The van der Waals surface area contributed by atoms with Gasteiger partial charge in [-0.15, -0.1) is 11.6 Å². The first kappa shape index (κ1) is 11.1. The molecule has 0 unspecified atom stereocenters. The molecule has 3 rings (SSSR count). The van der Waals surface area contributed by atoms with Crippen LogP contribution in [0.25, 0.3) is 22.3 Å². The third-order valence-corrected chi connectivity index (χ3v) is 2.99. The van der Waals surface area contributed by atoms with Crippen molar-refractivity contribution in [1.29, 1.82) is 0 Å². The molecule has 0 aliphatic rings. The maximum atomic E-state index is 5.78. The Morgan fingerprint density at radius 1 is 1.00 bits per heavy atom. The van der Waals surface area contributed by atoms with E-state index in [1.165, 1.54) is 0 Å². The molecule has 0 saturated carbocycles. The largest absolute Gasteiger partial charge is 0.256 e. The van der Waals surface area contributed by atoms with E-state index in [2.05, 4.69) is 15.0 Å². The van der Waals surface area contributed by atoms with E-state index in [0.29, 0.717) is 11.7 Å². The van der Waals surface area contributed by atoms with Gasteiger partial charge in [0, 0.05) is 23.3 Å². The Kier molecular flexibility index (Phi) is 2.90. The van der Waals surface area contributed by atoms with Crippen LogP contribution in [0.4, 0.5) is 0 Å². The molecular formula is C14H10ClN3. The molecule has 2 aromatic heterocycles. The molecule has 0 fully saturated rings. The van der Waals surface area contributed by atoms with Crippen LogP contribution in [0, 0.1) is 0 Å². The summed E-state index contributed by atoms with van der Waals surface area (Å²) in [6.45, 7) is 0. The average molecular weight is 256 g/mol. The number of alkyl halides is 1. The van der Waals surface area contributed by atoms with Gasteiger partial charge >= 0.3 is 0 Å². The lowest BCUT2D eigenvalue weighted by Crippen LogP contribution is -1.92. The first-order valence-electron chi connectivity index (χ1n) is 5.60. The summed E-state index contributed by atoms with van der Waals surface area (Å²) in [5, 5.41) is 1.08. The summed E-state index contributed by atoms with van der Waals surface area (Å²) < 4.78 is 0. The number of hydrogen-bond donors (Lipinski definition) is 0. The second-order valence-corrected chi connectivity index (χ2v) is 4.18. The normalized spacial score (nSPS) is 10.7. The number of aromatic nitrogens is 3. The van der Waals surface area contributed by atoms with Crippen LogP contribution in [0.3, 0.4) is 0 Å². The van der Waals surface area contributed by atoms with E-state index in [0.717, 1.165) is 22.2 Å². The van der Waals surface area contributed by atoms with Gasteiger partial charge in [0.15, 0.2) is 5.82 Å². The third kappa shape index (κ3) is 2.05. The molecule has 1 aromatic carbocycles. The fourth-order valence-electron chi connectivity index (χ4n) is 1.82. The van der Waals surface area contributed by atoms with Gasteiger partial charge in [0.2, 0.25) is 0 Å². The summed E-state index contributed by atoms with van der Waals surface area (Å²) in [6, 6.07) is 11.7. The van der Waals surface area contributed by atoms with Crippen LogP contribution in [0.2, 0.25) is 0 Å². The Morgan fingerprint density at radius 2 is 1.94 bits per heavy atom. The summed E-state index contributed by atoms with van der Waals surface area (Å²) in [5.41, 5.74) is 2.77. The van der Waals surface area contributed by atoms with Crippen molar-refractivity contribution in [3.63, 3.8) is 0 Å². The predicted molar refractivity (Wildman–Crippen MR) is 72.3 cm³/mol. The van der Waals surface area contributed by atoms with Crippen molar-refractivity contribution < 1.29 is 0 Å². The lowest BCUT2D eigenvalue weighted by atomic mass is 10.1. The van der Waals surface area contributed by atoms with Crippen molar-refractivity contribution in [3.05, 3.63) is 54.5 Å². The van der Waals surface area contributed by atoms with Crippen LogP contribution in [0.15, 0.2) is 48.8 Å². The Balaban J connectivity index is 2.13. The zero-order valence-electron chi connectivity index (χ0n) is 9.55. The highest BCUT2D eigenvalue weighted by Crippen LogP contribution is 2.20. The summed E-state index contributed by atoms with van der Waals surface area (Å²) in [6.07, 6.45) is 3.51. The van der Waals surface area contributed by atoms with Gasteiger partial charge in [-0.05, 0) is 30.3 Å². The Bertz CT molecular complexity index is 697. The molecule has 0 aliphatic heterocycles. The molecule has 3 aromatic rings. The van der Waals surface area contributed by atoms with Gasteiger partial charge in [0.05, 0.1) is 17.1 Å². The molecule has 0 saturated heterocycles. The van der Waals surface area contributed by atoms with E-state index in [1.54, 1.807) is 12.4 Å². The average Bonchev–Trinajstić information content (AvgIpc) is 2.47. The minimum atomic E-state index is 0.394. The molecule has 18 heavy (non-hydrogen) atoms. The van der Waals surface area contributed by atoms with E-state index in [9.17, 15) is 0 Å². The van der Waals surface area contributed by atoms with Gasteiger partial charge in [-0.25, -0.2) is 9.97 Å². The standard InChI is InChI=1S/C14H10ClN3/c15-9-12-5-7-17-14(18-12)11-3-4-13-10(8-11)2-1-6-16-13/h1-8H,9H2. The van der Waals surface area contributed by atoms with Gasteiger partial charge in [-0.3, -0.25) is 4.98 Å². The highest BCUT2D eigenvalue weighted by molar-refractivity contribution is 6.16. The van der Waals surface area contributed by atoms with Crippen LogP contribution in [-0.4, -0.2) is 15.0 Å². The molecule has 3 nitrogen and oxygen atoms in total. The third-order valence-electron chi connectivity index (χ3n) is 2.71. The van der Waals surface area contributed by atoms with Gasteiger partial charge in [0.25, 0.3) is 0 Å². The second kappa shape index (κ2) is 4.70. The number of hydrogen-bond acceptors (Lipinski definition) is 3. The highest BCUT2D eigenvalue weighted by Gasteiger charge is 2.03. The highest BCUT2D eigenvalue weighted by atomic mass is 35.5. The zero-order valence-corrected chi connectivity index (χ0v) is 10.3. The summed E-state index contributed by atoms with van der Waals surface area (Å²) in [7, 11) is 0. The number of nitrogens with zero attached hydrogens (tertiary/aromatic N) is 3. The van der Waals surface area contributed by atoms with E-state index in [-0.39, 0.29) is 0 Å². The molecule has 0 amide bonds. The first-order chi connectivity index (χ1) is 8.86. The maximum Gasteiger partial charge on any atom is 0.159 e. The van der Waals surface area contributed by atoms with E-state index >= 15 is 0 Å². The lowest BCUT2D eigenvalue weighted by molar-refractivity contribution is 1.09. The molecule has 4 heteroatoms. The van der Waals surface area contributed by atoms with Gasteiger partial charge < -0.3 is 0 Å². The Hall–Kier alpha value is -2.00. The summed E-state index contributed by atoms with van der Waals surface area (Å²) in [4.78, 5) is 13.0. The van der Waals surface area contributed by atoms with Crippen LogP contribution >= 0.6 is 11.6 Å². The van der Waals surface area contributed by atoms with Crippen LogP contribution in [-0.2, 0) is 5.88 Å². The SMILES string of the molecule is ClCc1ccnc(-c2ccc3ncccc3c2)n1. The van der Waals surface area contributed by atoms with Crippen molar-refractivity contribution in [3.8, 4) is 11.4 Å². The van der Waals surface area contributed by atoms with Crippen molar-refractivity contribution in [2.24, 2.45) is 0 Å². The monoisotopic (exact) mass is 255 g/mol. The van der Waals surface area contributed by atoms with Crippen molar-refractivity contribution in [2.75, 3.05) is 0 Å². The minimum Gasteiger partial charge on any atom is -0.256 e. The summed E-state index contributed by atoms with van der Waals surface area (Å²) in [5.74, 6) is 1.09. The number of fused-ring (bicyclic) bond motifs is 1. The van der Waals surface area contributed by atoms with E-state index < -0.39 is 0 Å². The number of benzene rings is 1. The minimum absolute atomic E-state index is 0.394. The topological polar surface area (TPSA) is 38.7 Å². The van der Waals surface area contributed by atoms with Gasteiger partial charge in [-0.2, -0.15) is 0 Å². The smallest absolute Gasteiger partial charge is 0.159 e. The Morgan fingerprint density at radius 3 is 2.83 bits per heavy atom. The molecule has 2 heterocycles. The van der Waals surface area contributed by atoms with Crippen LogP contribution in [0.5, 0.6) is 0 Å². The quantitative estimate of drug-likeness (QED) is 0.659. The molecule has 0 bridgehead atoms. The van der Waals surface area contributed by atoms with E-state index in [1.807, 2.05) is 36.4 Å². The molecule has 0 radical (unpaired) electrons. The summed E-state index contributed by atoms with van der Waals surface area (Å²) >= 11 is 5.78. The molecular weight excluding hydrogens is 246 g/mol. The van der Waals surface area contributed by atoms with Gasteiger partial charge in [0.1, 0.15) is 0 Å². The molecule has 0 atom stereocenters. The molecule has 0 N–H and O–H groups in total. The van der Waals surface area contributed by atoms with Crippen LogP contribution < -0.4 is 0 Å². The lowest BCUT2D eigenvalue weighted by Gasteiger charge is -2.03. The Labute approximate surface area is 109 Å². The van der Waals surface area contributed by atoms with Crippen LogP contribution in [0.1, 0.15) is 5.69 Å². The number of rotatable bonds is 2. The molecule has 0 aliphatic carbocycles. The number of halogens is 1. The number of pyridine rings is 1.